The summed E-state index contributed by atoms with van der Waals surface area (Å²) in [6.45, 7) is 1.59. The van der Waals surface area contributed by atoms with Crippen LogP contribution in [0.4, 0.5) is 0 Å². The molecule has 0 aromatic carbocycles. The highest BCUT2D eigenvalue weighted by atomic mass is 16.6. The van der Waals surface area contributed by atoms with Crippen molar-refractivity contribution in [1.82, 2.24) is 5.48 Å². The van der Waals surface area contributed by atoms with Gasteiger partial charge in [0.2, 0.25) is 5.91 Å². The van der Waals surface area contributed by atoms with Gasteiger partial charge in [-0.2, -0.15) is 5.26 Å². The lowest BCUT2D eigenvalue weighted by Crippen LogP contribution is -2.20. The number of carbonyl (C=O) groups is 1. The van der Waals surface area contributed by atoms with E-state index in [2.05, 4.69) is 10.3 Å². The molecular formula is C5H8N2O2. The number of nitrogens with zero attached hydrogens (tertiary/aromatic N) is 1. The van der Waals surface area contributed by atoms with E-state index in [1.54, 1.807) is 0 Å². The van der Waals surface area contributed by atoms with Crippen molar-refractivity contribution >= 4 is 5.91 Å². The Labute approximate surface area is 53.4 Å². The van der Waals surface area contributed by atoms with E-state index in [0.717, 1.165) is 0 Å². The summed E-state index contributed by atoms with van der Waals surface area (Å²) in [5, 5.41) is 7.99. The van der Waals surface area contributed by atoms with E-state index in [9.17, 15) is 4.79 Å². The van der Waals surface area contributed by atoms with Crippen molar-refractivity contribution in [2.75, 3.05) is 6.61 Å². The zero-order valence-electron chi connectivity index (χ0n) is 5.18. The van der Waals surface area contributed by atoms with E-state index >= 15 is 0 Å². The van der Waals surface area contributed by atoms with E-state index in [1.165, 1.54) is 6.92 Å². The Morgan fingerprint density at radius 1 is 1.89 bits per heavy atom. The molecule has 0 aliphatic heterocycles. The molecule has 9 heavy (non-hydrogen) atoms. The van der Waals surface area contributed by atoms with Gasteiger partial charge in [-0.25, -0.2) is 5.48 Å². The second kappa shape index (κ2) is 5.06. The third kappa shape index (κ3) is 6.92. The molecule has 0 radical (unpaired) electrons. The number of rotatable bonds is 3. The maximum atomic E-state index is 10.1. The van der Waals surface area contributed by atoms with Crippen LogP contribution < -0.4 is 5.48 Å². The monoisotopic (exact) mass is 128 g/mol. The lowest BCUT2D eigenvalue weighted by Gasteiger charge is -1.97. The van der Waals surface area contributed by atoms with Gasteiger partial charge < -0.3 is 0 Å². The van der Waals surface area contributed by atoms with Crippen molar-refractivity contribution < 1.29 is 9.63 Å². The van der Waals surface area contributed by atoms with Crippen LogP contribution in [0.15, 0.2) is 0 Å². The molecule has 0 aliphatic carbocycles. The smallest absolute Gasteiger partial charge is 0.240 e. The summed E-state index contributed by atoms with van der Waals surface area (Å²) >= 11 is 0. The second-order valence-electron chi connectivity index (χ2n) is 1.41. The van der Waals surface area contributed by atoms with Crippen molar-refractivity contribution in [1.29, 1.82) is 5.26 Å². The molecule has 0 saturated carbocycles. The molecule has 0 heterocycles. The van der Waals surface area contributed by atoms with Gasteiger partial charge in [0.1, 0.15) is 0 Å². The summed E-state index contributed by atoms with van der Waals surface area (Å²) in [6.07, 6.45) is 0.292. The summed E-state index contributed by atoms with van der Waals surface area (Å²) in [5.41, 5.74) is 2.09. The Hall–Kier alpha value is -1.08. The van der Waals surface area contributed by atoms with Crippen LogP contribution in [0.1, 0.15) is 13.3 Å². The van der Waals surface area contributed by atoms with Crippen molar-refractivity contribution in [3.8, 4) is 6.07 Å². The number of nitriles is 1. The maximum Gasteiger partial charge on any atom is 0.240 e. The number of hydroxylamine groups is 1. The van der Waals surface area contributed by atoms with Crippen LogP contribution >= 0.6 is 0 Å². The molecule has 4 nitrogen and oxygen atoms in total. The Bertz CT molecular complexity index is 127. The van der Waals surface area contributed by atoms with Gasteiger partial charge in [0, 0.05) is 6.92 Å². The minimum absolute atomic E-state index is 0.246. The normalized spacial score (nSPS) is 8.00. The average Bonchev–Trinajstić information content (AvgIpc) is 1.80. The summed E-state index contributed by atoms with van der Waals surface area (Å²) in [4.78, 5) is 14.6. The number of carbonyl (C=O) groups excluding carboxylic acids is 1. The molecule has 1 N–H and O–H groups in total. The molecule has 1 amide bonds. The van der Waals surface area contributed by atoms with Crippen LogP contribution in [-0.2, 0) is 9.63 Å². The molecular weight excluding hydrogens is 120 g/mol. The van der Waals surface area contributed by atoms with Gasteiger partial charge in [0.25, 0.3) is 0 Å². The molecule has 0 rings (SSSR count). The third-order valence-corrected chi connectivity index (χ3v) is 0.532. The molecule has 0 unspecified atom stereocenters. The fourth-order valence-electron chi connectivity index (χ4n) is 0.249. The zero-order chi connectivity index (χ0) is 7.11. The predicted molar refractivity (Wildman–Crippen MR) is 30.0 cm³/mol. The molecule has 0 aromatic heterocycles. The highest BCUT2D eigenvalue weighted by molar-refractivity contribution is 5.71. The van der Waals surface area contributed by atoms with Crippen molar-refractivity contribution in [2.45, 2.75) is 13.3 Å². The third-order valence-electron chi connectivity index (χ3n) is 0.532. The van der Waals surface area contributed by atoms with Crippen LogP contribution in [-0.4, -0.2) is 12.5 Å². The van der Waals surface area contributed by atoms with Gasteiger partial charge in [0.05, 0.1) is 19.1 Å². The molecule has 4 heteroatoms. The van der Waals surface area contributed by atoms with Gasteiger partial charge in [0.15, 0.2) is 0 Å². The van der Waals surface area contributed by atoms with Gasteiger partial charge >= 0.3 is 0 Å². The van der Waals surface area contributed by atoms with E-state index in [4.69, 9.17) is 5.26 Å². The first-order valence-electron chi connectivity index (χ1n) is 2.52. The van der Waals surface area contributed by atoms with Gasteiger partial charge in [-0.05, 0) is 0 Å². The Kier molecular flexibility index (Phi) is 4.46. The summed E-state index contributed by atoms with van der Waals surface area (Å²) in [5.74, 6) is -0.257. The topological polar surface area (TPSA) is 62.1 Å². The van der Waals surface area contributed by atoms with E-state index in [-0.39, 0.29) is 12.5 Å². The fraction of sp³-hybridized carbons (Fsp3) is 0.600. The SMILES string of the molecule is CC(=O)NOCCC#N. The first-order chi connectivity index (χ1) is 4.27. The molecule has 0 spiro atoms. The fourth-order valence-corrected chi connectivity index (χ4v) is 0.249. The summed E-state index contributed by atoms with van der Waals surface area (Å²) in [7, 11) is 0. The zero-order valence-corrected chi connectivity index (χ0v) is 5.18. The van der Waals surface area contributed by atoms with E-state index in [0.29, 0.717) is 6.42 Å². The van der Waals surface area contributed by atoms with Crippen LogP contribution in [0.3, 0.4) is 0 Å². The lowest BCUT2D eigenvalue weighted by atomic mass is 10.5. The number of hydrogen-bond acceptors (Lipinski definition) is 3. The van der Waals surface area contributed by atoms with Crippen molar-refractivity contribution in [3.05, 3.63) is 0 Å². The number of amides is 1. The Morgan fingerprint density at radius 2 is 2.56 bits per heavy atom. The minimum Gasteiger partial charge on any atom is -0.273 e. The molecule has 0 aromatic rings. The maximum absolute atomic E-state index is 10.1. The Morgan fingerprint density at radius 3 is 3.00 bits per heavy atom. The van der Waals surface area contributed by atoms with Crippen molar-refractivity contribution in [2.24, 2.45) is 0 Å². The molecule has 0 aliphatic rings. The average molecular weight is 128 g/mol. The first-order valence-corrected chi connectivity index (χ1v) is 2.52. The minimum atomic E-state index is -0.257. The standard InChI is InChI=1S/C5H8N2O2/c1-5(8)7-9-4-2-3-6/h2,4H2,1H3,(H,7,8). The van der Waals surface area contributed by atoms with Crippen molar-refractivity contribution in [3.63, 3.8) is 0 Å². The summed E-state index contributed by atoms with van der Waals surface area (Å²) in [6, 6.07) is 1.87. The predicted octanol–water partition coefficient (Wildman–Crippen LogP) is -0.0322. The molecule has 50 valence electrons. The summed E-state index contributed by atoms with van der Waals surface area (Å²) < 4.78 is 0. The van der Waals surface area contributed by atoms with Crippen LogP contribution in [0.5, 0.6) is 0 Å². The quantitative estimate of drug-likeness (QED) is 0.428. The van der Waals surface area contributed by atoms with E-state index in [1.807, 2.05) is 6.07 Å². The lowest BCUT2D eigenvalue weighted by molar-refractivity contribution is -0.131. The Balaban J connectivity index is 2.94. The first kappa shape index (κ1) is 7.92. The van der Waals surface area contributed by atoms with E-state index < -0.39 is 0 Å². The second-order valence-corrected chi connectivity index (χ2v) is 1.41. The molecule has 0 bridgehead atoms. The number of nitrogens with one attached hydrogen (secondary N) is 1. The van der Waals surface area contributed by atoms with Gasteiger partial charge in [-0.3, -0.25) is 9.63 Å². The molecule has 0 fully saturated rings. The highest BCUT2D eigenvalue weighted by Gasteiger charge is 1.87. The molecule has 0 atom stereocenters. The van der Waals surface area contributed by atoms with Gasteiger partial charge in [-0.15, -0.1) is 0 Å². The molecule has 0 saturated heterocycles. The number of hydrogen-bond donors (Lipinski definition) is 1. The van der Waals surface area contributed by atoms with Crippen LogP contribution in [0.25, 0.3) is 0 Å². The van der Waals surface area contributed by atoms with Gasteiger partial charge in [-0.1, -0.05) is 0 Å². The largest absolute Gasteiger partial charge is 0.273 e. The highest BCUT2D eigenvalue weighted by Crippen LogP contribution is 1.74. The van der Waals surface area contributed by atoms with Crippen LogP contribution in [0.2, 0.25) is 0 Å². The van der Waals surface area contributed by atoms with Crippen LogP contribution in [0, 0.1) is 11.3 Å².